The highest BCUT2D eigenvalue weighted by molar-refractivity contribution is 7.84. The molecule has 0 aliphatic heterocycles. The van der Waals surface area contributed by atoms with Crippen LogP contribution in [0.25, 0.3) is 0 Å². The van der Waals surface area contributed by atoms with E-state index >= 15 is 0 Å². The molecule has 104 valence electrons. The Morgan fingerprint density at radius 3 is 2.32 bits per heavy atom. The number of esters is 1. The van der Waals surface area contributed by atoms with E-state index in [1.54, 1.807) is 26.0 Å². The van der Waals surface area contributed by atoms with Gasteiger partial charge in [0.2, 0.25) is 0 Å². The highest BCUT2D eigenvalue weighted by Gasteiger charge is 2.11. The highest BCUT2D eigenvalue weighted by atomic mass is 32.2. The van der Waals surface area contributed by atoms with Crippen molar-refractivity contribution in [2.75, 3.05) is 5.75 Å². The first-order chi connectivity index (χ1) is 8.88. The van der Waals surface area contributed by atoms with Crippen molar-refractivity contribution in [3.8, 4) is 0 Å². The summed E-state index contributed by atoms with van der Waals surface area (Å²) in [5.74, 6) is -1.45. The lowest BCUT2D eigenvalue weighted by molar-refractivity contribution is -0.144. The molecule has 1 aromatic rings. The monoisotopic (exact) mass is 284 g/mol. The molecule has 0 bridgehead atoms. The summed E-state index contributed by atoms with van der Waals surface area (Å²) < 4.78 is 16.6. The second-order valence-corrected chi connectivity index (χ2v) is 5.73. The van der Waals surface area contributed by atoms with Crippen molar-refractivity contribution >= 4 is 22.7 Å². The molecule has 0 aliphatic carbocycles. The van der Waals surface area contributed by atoms with Gasteiger partial charge in [0.15, 0.2) is 0 Å². The van der Waals surface area contributed by atoms with E-state index in [4.69, 9.17) is 9.84 Å². The summed E-state index contributed by atoms with van der Waals surface area (Å²) in [6, 6.07) is 6.08. The maximum Gasteiger partial charge on any atom is 0.335 e. The van der Waals surface area contributed by atoms with E-state index < -0.39 is 22.7 Å². The van der Waals surface area contributed by atoms with Gasteiger partial charge in [-0.3, -0.25) is 9.00 Å². The van der Waals surface area contributed by atoms with Crippen molar-refractivity contribution in [2.45, 2.75) is 25.7 Å². The molecule has 1 N–H and O–H groups in total. The molecule has 0 saturated heterocycles. The first-order valence-corrected chi connectivity index (χ1v) is 7.24. The van der Waals surface area contributed by atoms with Gasteiger partial charge < -0.3 is 9.84 Å². The molecule has 0 heterocycles. The lowest BCUT2D eigenvalue weighted by Gasteiger charge is -2.07. The first-order valence-electron chi connectivity index (χ1n) is 5.75. The minimum atomic E-state index is -1.36. The fourth-order valence-electron chi connectivity index (χ4n) is 1.41. The maximum absolute atomic E-state index is 11.7. The maximum atomic E-state index is 11.7. The Bertz CT molecular complexity index is 478. The van der Waals surface area contributed by atoms with E-state index in [9.17, 15) is 13.8 Å². The summed E-state index contributed by atoms with van der Waals surface area (Å²) in [4.78, 5) is 22.0. The normalized spacial score (nSPS) is 12.2. The molecule has 0 aromatic heterocycles. The van der Waals surface area contributed by atoms with Crippen LogP contribution in [0.5, 0.6) is 0 Å². The Morgan fingerprint density at radius 2 is 1.84 bits per heavy atom. The third kappa shape index (κ3) is 5.65. The molecule has 6 heteroatoms. The number of benzene rings is 1. The number of ether oxygens (including phenoxy) is 1. The number of aromatic carboxylic acids is 1. The zero-order valence-corrected chi connectivity index (χ0v) is 11.6. The molecule has 0 saturated carbocycles. The number of hydrogen-bond acceptors (Lipinski definition) is 4. The average Bonchev–Trinajstić information content (AvgIpc) is 2.27. The van der Waals surface area contributed by atoms with E-state index in [0.717, 1.165) is 5.56 Å². The molecule has 0 spiro atoms. The van der Waals surface area contributed by atoms with E-state index in [2.05, 4.69) is 0 Å². The van der Waals surface area contributed by atoms with Crippen LogP contribution < -0.4 is 0 Å². The highest BCUT2D eigenvalue weighted by Crippen LogP contribution is 2.07. The van der Waals surface area contributed by atoms with Crippen molar-refractivity contribution in [3.05, 3.63) is 35.4 Å². The second kappa shape index (κ2) is 7.04. The Labute approximate surface area is 114 Å². The van der Waals surface area contributed by atoms with Crippen LogP contribution in [-0.4, -0.2) is 33.1 Å². The lowest BCUT2D eigenvalue weighted by atomic mass is 10.1. The summed E-state index contributed by atoms with van der Waals surface area (Å²) in [7, 11) is -1.36. The third-order valence-electron chi connectivity index (χ3n) is 2.17. The van der Waals surface area contributed by atoms with E-state index in [0.29, 0.717) is 0 Å². The van der Waals surface area contributed by atoms with Gasteiger partial charge in [0.05, 0.1) is 11.7 Å². The van der Waals surface area contributed by atoms with Gasteiger partial charge >= 0.3 is 11.9 Å². The van der Waals surface area contributed by atoms with Crippen molar-refractivity contribution in [1.82, 2.24) is 0 Å². The van der Waals surface area contributed by atoms with Gasteiger partial charge in [-0.15, -0.1) is 0 Å². The molecule has 1 aromatic carbocycles. The van der Waals surface area contributed by atoms with Gasteiger partial charge in [0.25, 0.3) is 0 Å². The minimum Gasteiger partial charge on any atom is -0.478 e. The van der Waals surface area contributed by atoms with Gasteiger partial charge in [-0.1, -0.05) is 12.1 Å². The number of carboxylic acid groups (broad SMARTS) is 1. The Balaban J connectivity index is 2.53. The molecular formula is C13H16O5S. The Hall–Kier alpha value is -1.69. The number of carbonyl (C=O) groups is 2. The van der Waals surface area contributed by atoms with E-state index in [1.807, 2.05) is 0 Å². The zero-order chi connectivity index (χ0) is 14.4. The number of carbonyl (C=O) groups excluding carboxylic acids is 1. The number of carboxylic acids is 1. The van der Waals surface area contributed by atoms with Crippen LogP contribution in [0.3, 0.4) is 0 Å². The molecule has 0 amide bonds. The zero-order valence-electron chi connectivity index (χ0n) is 10.8. The van der Waals surface area contributed by atoms with Crippen molar-refractivity contribution in [2.24, 2.45) is 0 Å². The first kappa shape index (κ1) is 15.4. The average molecular weight is 284 g/mol. The number of rotatable bonds is 6. The molecule has 1 rings (SSSR count). The predicted octanol–water partition coefficient (Wildman–Crippen LogP) is 1.59. The lowest BCUT2D eigenvalue weighted by Crippen LogP contribution is -2.18. The molecule has 1 unspecified atom stereocenters. The van der Waals surface area contributed by atoms with Crippen LogP contribution in [0.1, 0.15) is 29.8 Å². The summed E-state index contributed by atoms with van der Waals surface area (Å²) >= 11 is 0. The smallest absolute Gasteiger partial charge is 0.335 e. The molecule has 0 radical (unpaired) electrons. The van der Waals surface area contributed by atoms with Gasteiger partial charge in [0.1, 0.15) is 5.75 Å². The van der Waals surface area contributed by atoms with E-state index in [1.165, 1.54) is 12.1 Å². The van der Waals surface area contributed by atoms with Crippen LogP contribution >= 0.6 is 0 Å². The molecule has 1 atom stereocenters. The Kier molecular flexibility index (Phi) is 5.69. The minimum absolute atomic E-state index is 0.154. The quantitative estimate of drug-likeness (QED) is 0.802. The second-order valence-electron chi connectivity index (χ2n) is 4.27. The van der Waals surface area contributed by atoms with Gasteiger partial charge in [-0.05, 0) is 31.5 Å². The summed E-state index contributed by atoms with van der Waals surface area (Å²) in [5.41, 5.74) is 0.898. The van der Waals surface area contributed by atoms with E-state index in [-0.39, 0.29) is 23.2 Å². The molecular weight excluding hydrogens is 268 g/mol. The molecule has 5 nitrogen and oxygen atoms in total. The van der Waals surface area contributed by atoms with Crippen LogP contribution in [0.2, 0.25) is 0 Å². The van der Waals surface area contributed by atoms with Crippen molar-refractivity contribution in [3.63, 3.8) is 0 Å². The van der Waals surface area contributed by atoms with Crippen LogP contribution in [0, 0.1) is 0 Å². The van der Waals surface area contributed by atoms with Crippen LogP contribution in [0.4, 0.5) is 0 Å². The fraction of sp³-hybridized carbons (Fsp3) is 0.385. The molecule has 19 heavy (non-hydrogen) atoms. The van der Waals surface area contributed by atoms with Gasteiger partial charge in [0, 0.05) is 16.6 Å². The molecule has 0 aliphatic rings. The van der Waals surface area contributed by atoms with Crippen molar-refractivity contribution < 1.29 is 23.6 Å². The van der Waals surface area contributed by atoms with Crippen molar-refractivity contribution in [1.29, 1.82) is 0 Å². The molecule has 0 fully saturated rings. The third-order valence-corrected chi connectivity index (χ3v) is 3.39. The van der Waals surface area contributed by atoms with Gasteiger partial charge in [-0.25, -0.2) is 4.79 Å². The van der Waals surface area contributed by atoms with Crippen LogP contribution in [0.15, 0.2) is 24.3 Å². The fourth-order valence-corrected chi connectivity index (χ4v) is 2.41. The standard InChI is InChI=1S/C13H16O5S/c1-9(2)18-12(14)8-19(17)7-10-3-5-11(6-4-10)13(15)16/h3-6,9H,7-8H2,1-2H3,(H,15,16). The summed E-state index contributed by atoms with van der Waals surface area (Å²) in [6.45, 7) is 3.46. The van der Waals surface area contributed by atoms with Gasteiger partial charge in [-0.2, -0.15) is 0 Å². The summed E-state index contributed by atoms with van der Waals surface area (Å²) in [6.07, 6.45) is -0.223. The number of hydrogen-bond donors (Lipinski definition) is 1. The SMILES string of the molecule is CC(C)OC(=O)CS(=O)Cc1ccc(C(=O)O)cc1. The van der Waals surface area contributed by atoms with Crippen LogP contribution in [-0.2, 0) is 26.1 Å². The largest absolute Gasteiger partial charge is 0.478 e. The Morgan fingerprint density at radius 1 is 1.26 bits per heavy atom. The summed E-state index contributed by atoms with van der Waals surface area (Å²) in [5, 5.41) is 8.74. The predicted molar refractivity (Wildman–Crippen MR) is 71.3 cm³/mol. The topological polar surface area (TPSA) is 80.7 Å².